The van der Waals surface area contributed by atoms with Gasteiger partial charge in [-0.05, 0) is 19.8 Å². The van der Waals surface area contributed by atoms with Gasteiger partial charge in [-0.2, -0.15) is 0 Å². The topological polar surface area (TPSA) is 61.4 Å². The van der Waals surface area contributed by atoms with E-state index >= 15 is 0 Å². The molecule has 1 atom stereocenters. The number of hydrogen-bond donors (Lipinski definition) is 1. The molecule has 2 aliphatic rings. The van der Waals surface area contributed by atoms with Crippen molar-refractivity contribution < 1.29 is 4.79 Å². The highest BCUT2D eigenvalue weighted by Crippen LogP contribution is 2.19. The number of nitrogens with one attached hydrogen (secondary N) is 1. The van der Waals surface area contributed by atoms with Gasteiger partial charge in [0.15, 0.2) is 0 Å². The van der Waals surface area contributed by atoms with E-state index in [4.69, 9.17) is 11.6 Å². The summed E-state index contributed by atoms with van der Waals surface area (Å²) >= 11 is 5.90. The van der Waals surface area contributed by atoms with E-state index in [0.717, 1.165) is 44.8 Å². The number of amides is 1. The third kappa shape index (κ3) is 4.12. The number of halogens is 1. The van der Waals surface area contributed by atoms with Crippen molar-refractivity contribution in [2.75, 3.05) is 31.1 Å². The van der Waals surface area contributed by atoms with Crippen molar-refractivity contribution in [2.24, 2.45) is 0 Å². The van der Waals surface area contributed by atoms with Crippen LogP contribution in [0.3, 0.4) is 0 Å². The summed E-state index contributed by atoms with van der Waals surface area (Å²) in [4.78, 5) is 25.2. The van der Waals surface area contributed by atoms with Crippen molar-refractivity contribution in [3.8, 4) is 0 Å². The van der Waals surface area contributed by atoms with Crippen molar-refractivity contribution in [1.29, 1.82) is 0 Å². The Kier molecular flexibility index (Phi) is 5.33. The quantitative estimate of drug-likeness (QED) is 0.906. The summed E-state index contributed by atoms with van der Waals surface area (Å²) in [6.45, 7) is 5.34. The largest absolute Gasteiger partial charge is 0.353 e. The summed E-state index contributed by atoms with van der Waals surface area (Å²) in [5.41, 5.74) is 0. The van der Waals surface area contributed by atoms with Crippen LogP contribution >= 0.6 is 11.6 Å². The molecular weight excluding hydrogens is 314 g/mol. The fraction of sp³-hybridized carbons (Fsp3) is 0.688. The molecule has 0 aromatic carbocycles. The van der Waals surface area contributed by atoms with E-state index in [0.29, 0.717) is 11.2 Å². The van der Waals surface area contributed by atoms with Crippen LogP contribution in [0.5, 0.6) is 0 Å². The van der Waals surface area contributed by atoms with Crippen molar-refractivity contribution in [2.45, 2.75) is 44.7 Å². The van der Waals surface area contributed by atoms with Gasteiger partial charge >= 0.3 is 0 Å². The van der Waals surface area contributed by atoms with Gasteiger partial charge in [0.1, 0.15) is 11.0 Å². The standard InChI is InChI=1S/C16H24ClN5O/c1-12(16(23)19-13-4-2-3-5-13)21-6-8-22(9-7-21)15-11-18-10-14(17)20-15/h10-13H,2-9H2,1H3,(H,19,23). The molecule has 3 rings (SSSR count). The molecule has 0 spiro atoms. The molecule has 6 nitrogen and oxygen atoms in total. The Labute approximate surface area is 142 Å². The minimum atomic E-state index is -0.0804. The summed E-state index contributed by atoms with van der Waals surface area (Å²) in [6.07, 6.45) is 7.99. The number of nitrogens with zero attached hydrogens (tertiary/aromatic N) is 4. The smallest absolute Gasteiger partial charge is 0.237 e. The van der Waals surface area contributed by atoms with Gasteiger partial charge in [-0.25, -0.2) is 4.98 Å². The van der Waals surface area contributed by atoms with Gasteiger partial charge in [0.05, 0.1) is 18.4 Å². The molecule has 1 saturated carbocycles. The van der Waals surface area contributed by atoms with Crippen molar-refractivity contribution in [1.82, 2.24) is 20.2 Å². The molecule has 1 aromatic rings. The average Bonchev–Trinajstić information content (AvgIpc) is 3.07. The highest BCUT2D eigenvalue weighted by atomic mass is 35.5. The van der Waals surface area contributed by atoms with E-state index in [-0.39, 0.29) is 11.9 Å². The van der Waals surface area contributed by atoms with Crippen LogP contribution in [0.15, 0.2) is 12.4 Å². The summed E-state index contributed by atoms with van der Waals surface area (Å²) in [6, 6.07) is 0.302. The monoisotopic (exact) mass is 337 g/mol. The Bertz CT molecular complexity index is 541. The molecule has 23 heavy (non-hydrogen) atoms. The molecule has 1 aromatic heterocycles. The van der Waals surface area contributed by atoms with Crippen LogP contribution in [0.25, 0.3) is 0 Å². The van der Waals surface area contributed by atoms with E-state index in [2.05, 4.69) is 25.1 Å². The molecule has 126 valence electrons. The zero-order valence-electron chi connectivity index (χ0n) is 13.5. The predicted octanol–water partition coefficient (Wildman–Crippen LogP) is 1.70. The molecule has 0 radical (unpaired) electrons. The molecule has 7 heteroatoms. The fourth-order valence-corrected chi connectivity index (χ4v) is 3.52. The zero-order chi connectivity index (χ0) is 16.2. The maximum Gasteiger partial charge on any atom is 0.237 e. The number of carbonyl (C=O) groups excluding carboxylic acids is 1. The maximum atomic E-state index is 12.4. The zero-order valence-corrected chi connectivity index (χ0v) is 14.3. The van der Waals surface area contributed by atoms with Gasteiger partial charge in [0.2, 0.25) is 5.91 Å². The molecule has 1 amide bonds. The summed E-state index contributed by atoms with van der Waals surface area (Å²) < 4.78 is 0. The van der Waals surface area contributed by atoms with Crippen molar-refractivity contribution in [3.63, 3.8) is 0 Å². The first kappa shape index (κ1) is 16.5. The Hall–Kier alpha value is -1.40. The van der Waals surface area contributed by atoms with Gasteiger partial charge in [-0.15, -0.1) is 0 Å². The van der Waals surface area contributed by atoms with Crippen LogP contribution in [-0.2, 0) is 4.79 Å². The third-order valence-corrected chi connectivity index (χ3v) is 5.04. The van der Waals surface area contributed by atoms with Crippen molar-refractivity contribution in [3.05, 3.63) is 17.5 Å². The van der Waals surface area contributed by atoms with E-state index in [1.54, 1.807) is 6.20 Å². The van der Waals surface area contributed by atoms with Gasteiger partial charge in [-0.1, -0.05) is 24.4 Å². The molecular formula is C16H24ClN5O. The summed E-state index contributed by atoms with van der Waals surface area (Å²) in [5.74, 6) is 0.966. The lowest BCUT2D eigenvalue weighted by molar-refractivity contribution is -0.126. The maximum absolute atomic E-state index is 12.4. The predicted molar refractivity (Wildman–Crippen MR) is 90.7 cm³/mol. The number of carbonyl (C=O) groups is 1. The van der Waals surface area contributed by atoms with Gasteiger partial charge in [0, 0.05) is 32.2 Å². The van der Waals surface area contributed by atoms with Gasteiger partial charge < -0.3 is 10.2 Å². The summed E-state index contributed by atoms with van der Waals surface area (Å²) in [7, 11) is 0. The Morgan fingerprint density at radius 1 is 1.26 bits per heavy atom. The number of piperazine rings is 1. The fourth-order valence-electron chi connectivity index (χ4n) is 3.38. The summed E-state index contributed by atoms with van der Waals surface area (Å²) in [5, 5.41) is 3.60. The minimum Gasteiger partial charge on any atom is -0.353 e. The number of aromatic nitrogens is 2. The molecule has 2 heterocycles. The first-order valence-corrected chi connectivity index (χ1v) is 8.78. The molecule has 1 aliphatic carbocycles. The molecule has 0 bridgehead atoms. The number of anilines is 1. The van der Waals surface area contributed by atoms with E-state index < -0.39 is 0 Å². The second kappa shape index (κ2) is 7.45. The first-order valence-electron chi connectivity index (χ1n) is 8.40. The minimum absolute atomic E-state index is 0.0804. The van der Waals surface area contributed by atoms with E-state index in [1.165, 1.54) is 19.0 Å². The number of hydrogen-bond acceptors (Lipinski definition) is 5. The Morgan fingerprint density at radius 2 is 1.96 bits per heavy atom. The van der Waals surface area contributed by atoms with Crippen LogP contribution in [0.2, 0.25) is 5.15 Å². The Morgan fingerprint density at radius 3 is 2.61 bits per heavy atom. The van der Waals surface area contributed by atoms with E-state index in [9.17, 15) is 4.79 Å². The Balaban J connectivity index is 1.50. The molecule has 1 unspecified atom stereocenters. The van der Waals surface area contributed by atoms with Gasteiger partial charge in [0.25, 0.3) is 0 Å². The normalized spacial score (nSPS) is 21.4. The van der Waals surface area contributed by atoms with Gasteiger partial charge in [-0.3, -0.25) is 14.7 Å². The lowest BCUT2D eigenvalue weighted by Gasteiger charge is -2.38. The highest BCUT2D eigenvalue weighted by Gasteiger charge is 2.28. The average molecular weight is 338 g/mol. The van der Waals surface area contributed by atoms with Crippen LogP contribution in [-0.4, -0.2) is 59.0 Å². The van der Waals surface area contributed by atoms with Crippen LogP contribution in [0.1, 0.15) is 32.6 Å². The van der Waals surface area contributed by atoms with Crippen LogP contribution in [0.4, 0.5) is 5.82 Å². The molecule has 1 aliphatic heterocycles. The third-order valence-electron chi connectivity index (χ3n) is 4.86. The second-order valence-corrected chi connectivity index (χ2v) is 6.78. The second-order valence-electron chi connectivity index (χ2n) is 6.39. The molecule has 2 fully saturated rings. The lowest BCUT2D eigenvalue weighted by atomic mass is 10.2. The first-order chi connectivity index (χ1) is 11.1. The van der Waals surface area contributed by atoms with Crippen LogP contribution in [0, 0.1) is 0 Å². The SMILES string of the molecule is CC(C(=O)NC1CCCC1)N1CCN(c2cncc(Cl)n2)CC1. The number of rotatable bonds is 4. The van der Waals surface area contributed by atoms with Crippen LogP contribution < -0.4 is 10.2 Å². The molecule has 1 N–H and O–H groups in total. The lowest BCUT2D eigenvalue weighted by Crippen LogP contribution is -2.55. The molecule has 1 saturated heterocycles. The highest BCUT2D eigenvalue weighted by molar-refractivity contribution is 6.29. The van der Waals surface area contributed by atoms with E-state index in [1.807, 2.05) is 6.92 Å². The van der Waals surface area contributed by atoms with Crippen molar-refractivity contribution >= 4 is 23.3 Å².